The highest BCUT2D eigenvalue weighted by atomic mass is 32.2. The molecular weight excluding hydrogens is 596 g/mol. The molecule has 1 saturated heterocycles. The predicted octanol–water partition coefficient (Wildman–Crippen LogP) is 2.39. The van der Waals surface area contributed by atoms with Crippen molar-refractivity contribution in [3.63, 3.8) is 0 Å². The lowest BCUT2D eigenvalue weighted by Crippen LogP contribution is -2.63. The molecule has 5 atom stereocenters. The number of likely N-dealkylation sites (N-methyl/N-ethyl adjacent to an activating group) is 1. The zero-order valence-corrected chi connectivity index (χ0v) is 29.1. The third-order valence-electron chi connectivity index (χ3n) is 9.63. The Morgan fingerprint density at radius 3 is 2.20 bits per heavy atom. The van der Waals surface area contributed by atoms with Gasteiger partial charge >= 0.3 is 6.03 Å². The minimum Gasteiger partial charge on any atom is -0.598 e. The number of nitrogens with zero attached hydrogens (tertiary/aromatic N) is 2. The Morgan fingerprint density at radius 2 is 1.64 bits per heavy atom. The molecule has 3 fully saturated rings. The summed E-state index contributed by atoms with van der Waals surface area (Å²) in [4.78, 5) is 68.5. The van der Waals surface area contributed by atoms with Crippen molar-refractivity contribution in [3.8, 4) is 0 Å². The molecule has 0 bridgehead atoms. The van der Waals surface area contributed by atoms with E-state index in [0.717, 1.165) is 44.9 Å². The molecule has 2 aliphatic carbocycles. The average Bonchev–Trinajstić information content (AvgIpc) is 3.64. The SMILES string of the molecule is CCCC(NC(=O)[C@@H]1CCCN1C(=O)[C@@H](NC(=O)N[C@H](CN(C)[S+](C)[O-])C(C)(C)C)C1(C)CCCCC1)C(=O)C(=O)NC1CC1. The second-order valence-corrected chi connectivity index (χ2v) is 16.0. The number of amides is 5. The van der Waals surface area contributed by atoms with Crippen LogP contribution in [-0.2, 0) is 30.5 Å². The van der Waals surface area contributed by atoms with Crippen LogP contribution in [0, 0.1) is 10.8 Å². The third-order valence-corrected chi connectivity index (χ3v) is 10.7. The maximum Gasteiger partial charge on any atom is 0.315 e. The van der Waals surface area contributed by atoms with Crippen LogP contribution < -0.4 is 21.3 Å². The van der Waals surface area contributed by atoms with Crippen molar-refractivity contribution in [2.24, 2.45) is 10.8 Å². The van der Waals surface area contributed by atoms with Crippen LogP contribution >= 0.6 is 0 Å². The maximum absolute atomic E-state index is 14.4. The molecule has 2 unspecified atom stereocenters. The third kappa shape index (κ3) is 10.3. The van der Waals surface area contributed by atoms with E-state index in [-0.39, 0.29) is 23.4 Å². The van der Waals surface area contributed by atoms with Gasteiger partial charge < -0.3 is 30.7 Å². The summed E-state index contributed by atoms with van der Waals surface area (Å²) in [5.74, 6) is -2.10. The van der Waals surface area contributed by atoms with Crippen LogP contribution in [0.1, 0.15) is 105 Å². The summed E-state index contributed by atoms with van der Waals surface area (Å²) >= 11 is -1.21. The molecule has 256 valence electrons. The normalized spacial score (nSPS) is 22.6. The van der Waals surface area contributed by atoms with Crippen molar-refractivity contribution in [2.75, 3.05) is 26.4 Å². The number of hydrogen-bond donors (Lipinski definition) is 4. The van der Waals surface area contributed by atoms with Gasteiger partial charge in [-0.25, -0.2) is 4.79 Å². The Morgan fingerprint density at radius 1 is 1.00 bits per heavy atom. The summed E-state index contributed by atoms with van der Waals surface area (Å²) in [6, 6.07) is -3.42. The maximum atomic E-state index is 14.4. The number of likely N-dealkylation sites (tertiary alicyclic amines) is 1. The molecule has 0 aromatic heterocycles. The second-order valence-electron chi connectivity index (χ2n) is 14.6. The molecule has 1 heterocycles. The number of carbonyl (C=O) groups is 5. The van der Waals surface area contributed by atoms with Gasteiger partial charge in [-0.15, -0.1) is 4.31 Å². The van der Waals surface area contributed by atoms with E-state index in [0.29, 0.717) is 38.8 Å². The smallest absolute Gasteiger partial charge is 0.315 e. The Labute approximate surface area is 272 Å². The summed E-state index contributed by atoms with van der Waals surface area (Å²) in [5.41, 5.74) is -0.851. The zero-order valence-electron chi connectivity index (χ0n) is 28.3. The van der Waals surface area contributed by atoms with E-state index in [1.54, 1.807) is 22.5 Å². The summed E-state index contributed by atoms with van der Waals surface area (Å²) in [6.45, 7) is 10.6. The van der Waals surface area contributed by atoms with Gasteiger partial charge in [-0.3, -0.25) is 19.2 Å². The van der Waals surface area contributed by atoms with E-state index in [1.807, 2.05) is 34.6 Å². The lowest BCUT2D eigenvalue weighted by atomic mass is 9.70. The van der Waals surface area contributed by atoms with Crippen molar-refractivity contribution in [2.45, 2.75) is 135 Å². The van der Waals surface area contributed by atoms with E-state index in [4.69, 9.17) is 0 Å². The molecule has 2 saturated carbocycles. The summed E-state index contributed by atoms with van der Waals surface area (Å²) < 4.78 is 13.7. The number of nitrogens with one attached hydrogen (secondary N) is 4. The topological polar surface area (TPSA) is 163 Å². The largest absolute Gasteiger partial charge is 0.598 e. The van der Waals surface area contributed by atoms with Gasteiger partial charge in [0.25, 0.3) is 5.91 Å². The van der Waals surface area contributed by atoms with Crippen LogP contribution in [0.5, 0.6) is 0 Å². The summed E-state index contributed by atoms with van der Waals surface area (Å²) in [6.07, 6.45) is 9.71. The number of rotatable bonds is 14. The van der Waals surface area contributed by atoms with Crippen LogP contribution in [0.4, 0.5) is 4.79 Å². The van der Waals surface area contributed by atoms with E-state index in [9.17, 15) is 28.5 Å². The number of Topliss-reactive ketones (excluding diaryl/α,β-unsaturated/α-hetero) is 1. The molecule has 4 N–H and O–H groups in total. The standard InChI is InChI=1S/C32H56N6O6S/c1-8-13-22(25(39)28(41)33-21-15-16-21)34-27(40)23-14-12-19-38(23)29(42)26(32(5)17-10-9-11-18-32)36-30(43)35-24(31(2,3)4)20-37(6)45(7)44/h21-24,26H,8-20H2,1-7H3,(H,33,41)(H,34,40)(H2,35,36,43)/t22?,23-,24+,26+,45?/m0/s1. The average molecular weight is 653 g/mol. The Balaban J connectivity index is 1.78. The molecule has 5 amide bonds. The fraction of sp³-hybridized carbons (Fsp3) is 0.844. The molecule has 13 heteroatoms. The van der Waals surface area contributed by atoms with Crippen molar-refractivity contribution in [1.29, 1.82) is 0 Å². The highest BCUT2D eigenvalue weighted by Crippen LogP contribution is 2.40. The summed E-state index contributed by atoms with van der Waals surface area (Å²) in [5, 5.41) is 11.5. The van der Waals surface area contributed by atoms with E-state index >= 15 is 0 Å². The van der Waals surface area contributed by atoms with Crippen molar-refractivity contribution < 1.29 is 28.5 Å². The minimum atomic E-state index is -1.21. The van der Waals surface area contributed by atoms with Gasteiger partial charge in [0.1, 0.15) is 18.3 Å². The van der Waals surface area contributed by atoms with Crippen LogP contribution in [0.3, 0.4) is 0 Å². The Bertz CT molecular complexity index is 1070. The van der Waals surface area contributed by atoms with Crippen molar-refractivity contribution >= 4 is 40.9 Å². The zero-order chi connectivity index (χ0) is 33.5. The van der Waals surface area contributed by atoms with Gasteiger partial charge in [0, 0.05) is 31.0 Å². The molecule has 1 aliphatic heterocycles. The van der Waals surface area contributed by atoms with Gasteiger partial charge in [0.15, 0.2) is 0 Å². The van der Waals surface area contributed by atoms with Crippen LogP contribution in [0.15, 0.2) is 0 Å². The lowest BCUT2D eigenvalue weighted by molar-refractivity contribution is -0.144. The molecule has 0 aromatic rings. The first-order valence-electron chi connectivity index (χ1n) is 16.6. The molecule has 45 heavy (non-hydrogen) atoms. The lowest BCUT2D eigenvalue weighted by Gasteiger charge is -2.43. The van der Waals surface area contributed by atoms with Gasteiger partial charge in [0.05, 0.1) is 18.6 Å². The quantitative estimate of drug-likeness (QED) is 0.165. The van der Waals surface area contributed by atoms with Gasteiger partial charge in [-0.2, -0.15) is 0 Å². The molecule has 0 aromatic carbocycles. The van der Waals surface area contributed by atoms with Gasteiger partial charge in [-0.1, -0.05) is 60.3 Å². The highest BCUT2D eigenvalue weighted by molar-refractivity contribution is 7.88. The van der Waals surface area contributed by atoms with Gasteiger partial charge in [-0.05, 0) is 55.8 Å². The first-order chi connectivity index (χ1) is 21.1. The molecule has 3 rings (SSSR count). The van der Waals surface area contributed by atoms with Crippen molar-refractivity contribution in [3.05, 3.63) is 0 Å². The fourth-order valence-electron chi connectivity index (χ4n) is 6.35. The second kappa shape index (κ2) is 15.9. The van der Waals surface area contributed by atoms with Crippen LogP contribution in [-0.4, -0.2) is 99.9 Å². The predicted molar refractivity (Wildman–Crippen MR) is 174 cm³/mol. The minimum absolute atomic E-state index is 0.0281. The molecule has 3 aliphatic rings. The molecule has 0 radical (unpaired) electrons. The van der Waals surface area contributed by atoms with E-state index in [1.165, 1.54) is 0 Å². The van der Waals surface area contributed by atoms with Crippen LogP contribution in [0.25, 0.3) is 0 Å². The number of hydrogen-bond acceptors (Lipinski definition) is 7. The first kappa shape index (κ1) is 37.1. The number of carbonyl (C=O) groups excluding carboxylic acids is 5. The van der Waals surface area contributed by atoms with Gasteiger partial charge in [0.2, 0.25) is 17.6 Å². The first-order valence-corrected chi connectivity index (χ1v) is 18.2. The molecule has 12 nitrogen and oxygen atoms in total. The van der Waals surface area contributed by atoms with E-state index < -0.39 is 58.5 Å². The number of urea groups is 1. The van der Waals surface area contributed by atoms with E-state index in [2.05, 4.69) is 21.3 Å². The molecular formula is C32H56N6O6S. The monoisotopic (exact) mass is 652 g/mol. The molecule has 0 spiro atoms. The van der Waals surface area contributed by atoms with Crippen molar-refractivity contribution in [1.82, 2.24) is 30.5 Å². The number of ketones is 1. The Hall–Kier alpha value is -2.38. The highest BCUT2D eigenvalue weighted by Gasteiger charge is 2.47. The Kier molecular flexibility index (Phi) is 13.1. The summed E-state index contributed by atoms with van der Waals surface area (Å²) in [7, 11) is 1.74. The fourth-order valence-corrected chi connectivity index (χ4v) is 6.71. The van der Waals surface area contributed by atoms with Crippen LogP contribution in [0.2, 0.25) is 0 Å².